The lowest BCUT2D eigenvalue weighted by Crippen LogP contribution is -2.36. The fourth-order valence-corrected chi connectivity index (χ4v) is 2.72. The van der Waals surface area contributed by atoms with Crippen LogP contribution in [0.2, 0.25) is 0 Å². The highest BCUT2D eigenvalue weighted by molar-refractivity contribution is 5.95. The zero-order valence-corrected chi connectivity index (χ0v) is 12.0. The maximum Gasteiger partial charge on any atom is 0.332 e. The molecule has 110 valence electrons. The van der Waals surface area contributed by atoms with Crippen LogP contribution >= 0.6 is 0 Å². The summed E-state index contributed by atoms with van der Waals surface area (Å²) in [5.74, 6) is 0.561. The summed E-state index contributed by atoms with van der Waals surface area (Å²) in [6.45, 7) is 0. The molecule has 4 rings (SSSR count). The van der Waals surface area contributed by atoms with Crippen molar-refractivity contribution in [2.45, 2.75) is 0 Å². The van der Waals surface area contributed by atoms with Gasteiger partial charge < -0.3 is 9.97 Å². The molecule has 0 aliphatic carbocycles. The molecule has 7 nitrogen and oxygen atoms in total. The molecule has 7 heteroatoms. The van der Waals surface area contributed by atoms with E-state index in [9.17, 15) is 9.59 Å². The Labute approximate surface area is 123 Å². The predicted octanol–water partition coefficient (Wildman–Crippen LogP) is 1.11. The minimum atomic E-state index is -0.394. The molecule has 0 saturated heterocycles. The van der Waals surface area contributed by atoms with E-state index in [1.807, 2.05) is 30.5 Å². The molecule has 2 N–H and O–H groups in total. The number of H-pyrrole nitrogens is 2. The summed E-state index contributed by atoms with van der Waals surface area (Å²) in [4.78, 5) is 34.9. The SMILES string of the molecule is Cn1c(=O)c2[nH]c(-c3c[nH]c4ccccc34)nc2n(C)c1=O. The van der Waals surface area contributed by atoms with Gasteiger partial charge in [-0.25, -0.2) is 9.78 Å². The standard InChI is InChI=1S/C15H13N5O2/c1-19-13-11(14(21)20(2)15(19)22)17-12(18-13)9-7-16-10-6-4-3-5-8(9)10/h3-7,16H,1-2H3,(H,17,18). The molecule has 0 radical (unpaired) electrons. The van der Waals surface area contributed by atoms with E-state index in [1.165, 1.54) is 11.6 Å². The number of hydrogen-bond donors (Lipinski definition) is 2. The van der Waals surface area contributed by atoms with Crippen LogP contribution in [0, 0.1) is 0 Å². The average molecular weight is 295 g/mol. The number of aromatic nitrogens is 5. The molecule has 0 aliphatic rings. The smallest absolute Gasteiger partial charge is 0.332 e. The van der Waals surface area contributed by atoms with Gasteiger partial charge in [0.05, 0.1) is 0 Å². The van der Waals surface area contributed by atoms with E-state index in [4.69, 9.17) is 0 Å². The third kappa shape index (κ3) is 1.53. The molecule has 1 aromatic carbocycles. The van der Waals surface area contributed by atoms with Gasteiger partial charge in [0.15, 0.2) is 5.65 Å². The maximum absolute atomic E-state index is 12.2. The van der Waals surface area contributed by atoms with Gasteiger partial charge in [0.1, 0.15) is 11.3 Å². The second-order valence-corrected chi connectivity index (χ2v) is 5.24. The van der Waals surface area contributed by atoms with E-state index < -0.39 is 5.69 Å². The molecule has 0 amide bonds. The first kappa shape index (κ1) is 12.6. The van der Waals surface area contributed by atoms with Gasteiger partial charge >= 0.3 is 5.69 Å². The fourth-order valence-electron chi connectivity index (χ4n) is 2.72. The van der Waals surface area contributed by atoms with Crippen molar-refractivity contribution in [3.8, 4) is 11.4 Å². The van der Waals surface area contributed by atoms with Gasteiger partial charge in [0, 0.05) is 36.8 Å². The van der Waals surface area contributed by atoms with Crippen LogP contribution in [0.3, 0.4) is 0 Å². The summed E-state index contributed by atoms with van der Waals surface area (Å²) in [6, 6.07) is 7.83. The zero-order valence-electron chi connectivity index (χ0n) is 12.0. The molecule has 3 aromatic heterocycles. The van der Waals surface area contributed by atoms with Gasteiger partial charge in [0.2, 0.25) is 0 Å². The monoisotopic (exact) mass is 295 g/mol. The summed E-state index contributed by atoms with van der Waals surface area (Å²) in [6.07, 6.45) is 1.84. The van der Waals surface area contributed by atoms with E-state index in [-0.39, 0.29) is 5.56 Å². The Morgan fingerprint density at radius 2 is 1.86 bits per heavy atom. The normalized spacial score (nSPS) is 11.5. The van der Waals surface area contributed by atoms with Crippen LogP contribution in [0.25, 0.3) is 33.5 Å². The van der Waals surface area contributed by atoms with Crippen LogP contribution in [0.15, 0.2) is 40.1 Å². The second kappa shape index (κ2) is 4.20. The van der Waals surface area contributed by atoms with Gasteiger partial charge in [-0.2, -0.15) is 0 Å². The molecular formula is C15H13N5O2. The second-order valence-electron chi connectivity index (χ2n) is 5.24. The lowest BCUT2D eigenvalue weighted by Gasteiger charge is -2.00. The zero-order chi connectivity index (χ0) is 15.4. The quantitative estimate of drug-likeness (QED) is 0.551. The first-order valence-electron chi connectivity index (χ1n) is 6.80. The highest BCUT2D eigenvalue weighted by Gasteiger charge is 2.16. The lowest BCUT2D eigenvalue weighted by atomic mass is 10.2. The number of nitrogens with zero attached hydrogens (tertiary/aromatic N) is 3. The van der Waals surface area contributed by atoms with Crippen molar-refractivity contribution >= 4 is 22.1 Å². The minimum Gasteiger partial charge on any atom is -0.360 e. The summed E-state index contributed by atoms with van der Waals surface area (Å²) < 4.78 is 2.44. The Balaban J connectivity index is 2.09. The van der Waals surface area contributed by atoms with Crippen molar-refractivity contribution in [2.24, 2.45) is 14.1 Å². The molecule has 0 fully saturated rings. The Hall–Kier alpha value is -3.09. The van der Waals surface area contributed by atoms with Crippen molar-refractivity contribution in [3.05, 3.63) is 51.3 Å². The number of rotatable bonds is 1. The van der Waals surface area contributed by atoms with Gasteiger partial charge in [-0.1, -0.05) is 18.2 Å². The van der Waals surface area contributed by atoms with Gasteiger partial charge in [-0.3, -0.25) is 13.9 Å². The van der Waals surface area contributed by atoms with E-state index in [1.54, 1.807) is 7.05 Å². The minimum absolute atomic E-state index is 0.324. The van der Waals surface area contributed by atoms with Gasteiger partial charge in [-0.15, -0.1) is 0 Å². The molecular weight excluding hydrogens is 282 g/mol. The van der Waals surface area contributed by atoms with Crippen molar-refractivity contribution in [1.29, 1.82) is 0 Å². The first-order valence-corrected chi connectivity index (χ1v) is 6.80. The molecule has 0 bridgehead atoms. The van der Waals surface area contributed by atoms with E-state index in [0.29, 0.717) is 17.0 Å². The number of benzene rings is 1. The van der Waals surface area contributed by atoms with E-state index in [2.05, 4.69) is 15.0 Å². The highest BCUT2D eigenvalue weighted by Crippen LogP contribution is 2.26. The third-order valence-electron chi connectivity index (χ3n) is 3.94. The molecule has 4 aromatic rings. The Morgan fingerprint density at radius 3 is 2.68 bits per heavy atom. The molecule has 0 saturated carbocycles. The van der Waals surface area contributed by atoms with Crippen LogP contribution in [0.1, 0.15) is 0 Å². The average Bonchev–Trinajstić information content (AvgIpc) is 3.14. The van der Waals surface area contributed by atoms with Gasteiger partial charge in [-0.05, 0) is 6.07 Å². The molecule has 0 aliphatic heterocycles. The summed E-state index contributed by atoms with van der Waals surface area (Å²) in [7, 11) is 3.06. The molecule has 0 spiro atoms. The van der Waals surface area contributed by atoms with Gasteiger partial charge in [0.25, 0.3) is 5.56 Å². The van der Waals surface area contributed by atoms with Crippen LogP contribution in [-0.4, -0.2) is 24.1 Å². The molecule has 0 unspecified atom stereocenters. The predicted molar refractivity (Wildman–Crippen MR) is 83.9 cm³/mol. The number of aromatic amines is 2. The van der Waals surface area contributed by atoms with Crippen LogP contribution in [0.4, 0.5) is 0 Å². The molecule has 3 heterocycles. The fraction of sp³-hybridized carbons (Fsp3) is 0.133. The summed E-state index contributed by atoms with van der Waals surface area (Å²) in [5, 5.41) is 1.00. The third-order valence-corrected chi connectivity index (χ3v) is 3.94. The van der Waals surface area contributed by atoms with E-state index in [0.717, 1.165) is 21.0 Å². The molecule has 0 atom stereocenters. The van der Waals surface area contributed by atoms with Crippen molar-refractivity contribution in [1.82, 2.24) is 24.1 Å². The van der Waals surface area contributed by atoms with Crippen molar-refractivity contribution in [3.63, 3.8) is 0 Å². The van der Waals surface area contributed by atoms with Crippen molar-refractivity contribution < 1.29 is 0 Å². The largest absolute Gasteiger partial charge is 0.360 e. The topological polar surface area (TPSA) is 88.5 Å². The van der Waals surface area contributed by atoms with E-state index >= 15 is 0 Å². The highest BCUT2D eigenvalue weighted by atomic mass is 16.2. The number of para-hydroxylation sites is 1. The summed E-state index contributed by atoms with van der Waals surface area (Å²) in [5.41, 5.74) is 1.76. The maximum atomic E-state index is 12.2. The number of fused-ring (bicyclic) bond motifs is 2. The first-order chi connectivity index (χ1) is 10.6. The van der Waals surface area contributed by atoms with Crippen LogP contribution in [0.5, 0.6) is 0 Å². The Kier molecular flexibility index (Phi) is 2.41. The Morgan fingerprint density at radius 1 is 1.09 bits per heavy atom. The van der Waals surface area contributed by atoms with Crippen molar-refractivity contribution in [2.75, 3.05) is 0 Å². The Bertz CT molecular complexity index is 1140. The number of hydrogen-bond acceptors (Lipinski definition) is 3. The van der Waals surface area contributed by atoms with Crippen LogP contribution in [-0.2, 0) is 14.1 Å². The van der Waals surface area contributed by atoms with Crippen LogP contribution < -0.4 is 11.2 Å². The number of aryl methyl sites for hydroxylation is 1. The number of nitrogens with one attached hydrogen (secondary N) is 2. The molecule has 22 heavy (non-hydrogen) atoms. The summed E-state index contributed by atoms with van der Waals surface area (Å²) >= 11 is 0. The number of imidazole rings is 1. The lowest BCUT2D eigenvalue weighted by molar-refractivity contribution is 0.709.